The van der Waals surface area contributed by atoms with E-state index in [0.29, 0.717) is 11.8 Å². The van der Waals surface area contributed by atoms with Gasteiger partial charge in [0.15, 0.2) is 0 Å². The predicted molar refractivity (Wildman–Crippen MR) is 76.8 cm³/mol. The van der Waals surface area contributed by atoms with Gasteiger partial charge in [0.25, 0.3) is 0 Å². The van der Waals surface area contributed by atoms with E-state index in [0.717, 1.165) is 36.1 Å². The van der Waals surface area contributed by atoms with Crippen molar-refractivity contribution < 1.29 is 0 Å². The van der Waals surface area contributed by atoms with Crippen molar-refractivity contribution in [3.8, 4) is 0 Å². The van der Waals surface area contributed by atoms with Gasteiger partial charge in [0.05, 0.1) is 0 Å². The molecule has 3 heterocycles. The van der Waals surface area contributed by atoms with Gasteiger partial charge in [-0.2, -0.15) is 5.10 Å². The summed E-state index contributed by atoms with van der Waals surface area (Å²) in [6.45, 7) is 6.43. The topological polar surface area (TPSA) is 57.7 Å². The molecule has 1 N–H and O–H groups in total. The molecule has 0 atom stereocenters. The summed E-state index contributed by atoms with van der Waals surface area (Å²) >= 11 is 1.73. The highest BCUT2D eigenvalue weighted by molar-refractivity contribution is 7.15. The fraction of sp³-hybridized carbons (Fsp3) is 0.615. The van der Waals surface area contributed by atoms with Crippen LogP contribution in [0.25, 0.3) is 0 Å². The Morgan fingerprint density at radius 3 is 2.68 bits per heavy atom. The summed E-state index contributed by atoms with van der Waals surface area (Å²) in [7, 11) is 0. The largest absolute Gasteiger partial charge is 0.347 e. The molecule has 0 bridgehead atoms. The minimum atomic E-state index is 0.466. The molecule has 0 saturated carbocycles. The first-order chi connectivity index (χ1) is 9.24. The Hall–Kier alpha value is -1.43. The highest BCUT2D eigenvalue weighted by Gasteiger charge is 2.23. The van der Waals surface area contributed by atoms with Gasteiger partial charge in [-0.05, 0) is 18.9 Å². The van der Waals surface area contributed by atoms with Crippen LogP contribution in [0.5, 0.6) is 0 Å². The number of rotatable bonds is 3. The van der Waals surface area contributed by atoms with E-state index in [9.17, 15) is 0 Å². The van der Waals surface area contributed by atoms with Gasteiger partial charge in [0.1, 0.15) is 5.01 Å². The molecule has 1 saturated heterocycles. The summed E-state index contributed by atoms with van der Waals surface area (Å²) in [5, 5.41) is 17.9. The van der Waals surface area contributed by atoms with Crippen LogP contribution in [0.1, 0.15) is 49.2 Å². The van der Waals surface area contributed by atoms with E-state index in [1.165, 1.54) is 5.69 Å². The third-order valence-corrected chi connectivity index (χ3v) is 4.94. The minimum absolute atomic E-state index is 0.466. The van der Waals surface area contributed by atoms with Gasteiger partial charge >= 0.3 is 0 Å². The van der Waals surface area contributed by atoms with Crippen molar-refractivity contribution in [1.29, 1.82) is 0 Å². The van der Waals surface area contributed by atoms with Gasteiger partial charge in [-0.3, -0.25) is 5.10 Å². The molecule has 1 fully saturated rings. The van der Waals surface area contributed by atoms with E-state index in [4.69, 9.17) is 0 Å². The molecule has 3 rings (SSSR count). The summed E-state index contributed by atoms with van der Waals surface area (Å²) in [5.41, 5.74) is 1.26. The zero-order valence-corrected chi connectivity index (χ0v) is 12.2. The number of hydrogen-bond acceptors (Lipinski definition) is 5. The molecule has 0 amide bonds. The molecular formula is C13H19N5S. The summed E-state index contributed by atoms with van der Waals surface area (Å²) in [5.74, 6) is 1.07. The Labute approximate surface area is 117 Å². The molecule has 1 aliphatic heterocycles. The summed E-state index contributed by atoms with van der Waals surface area (Å²) in [4.78, 5) is 2.36. The lowest BCUT2D eigenvalue weighted by molar-refractivity contribution is 0.494. The third kappa shape index (κ3) is 2.63. The standard InChI is InChI=1S/C13H19N5S/c1-9(2)12-16-17-13(19-12)18-7-4-10(5-8-18)11-3-6-14-15-11/h3,6,9-10H,4-5,7-8H2,1-2H3,(H,14,15). The van der Waals surface area contributed by atoms with Gasteiger partial charge in [0.2, 0.25) is 5.13 Å². The number of nitrogens with one attached hydrogen (secondary N) is 1. The van der Waals surface area contributed by atoms with E-state index in [2.05, 4.69) is 45.2 Å². The molecule has 19 heavy (non-hydrogen) atoms. The molecule has 0 radical (unpaired) electrons. The highest BCUT2D eigenvalue weighted by Crippen LogP contribution is 2.32. The lowest BCUT2D eigenvalue weighted by atomic mass is 9.94. The van der Waals surface area contributed by atoms with Crippen molar-refractivity contribution in [2.24, 2.45) is 0 Å². The van der Waals surface area contributed by atoms with E-state index in [1.807, 2.05) is 6.20 Å². The van der Waals surface area contributed by atoms with E-state index < -0.39 is 0 Å². The second kappa shape index (κ2) is 5.28. The van der Waals surface area contributed by atoms with Gasteiger partial charge in [-0.15, -0.1) is 10.2 Å². The monoisotopic (exact) mass is 277 g/mol. The third-order valence-electron chi connectivity index (χ3n) is 3.65. The molecule has 2 aromatic heterocycles. The fourth-order valence-electron chi connectivity index (χ4n) is 2.46. The first-order valence-electron chi connectivity index (χ1n) is 6.81. The van der Waals surface area contributed by atoms with Crippen LogP contribution in [0.3, 0.4) is 0 Å². The smallest absolute Gasteiger partial charge is 0.208 e. The van der Waals surface area contributed by atoms with Crippen molar-refractivity contribution in [3.05, 3.63) is 23.0 Å². The molecule has 2 aromatic rings. The van der Waals surface area contributed by atoms with Crippen LogP contribution >= 0.6 is 11.3 Å². The number of piperidine rings is 1. The lowest BCUT2D eigenvalue weighted by Gasteiger charge is -2.30. The Morgan fingerprint density at radius 1 is 1.32 bits per heavy atom. The van der Waals surface area contributed by atoms with Crippen molar-refractivity contribution in [3.63, 3.8) is 0 Å². The normalized spacial score (nSPS) is 17.3. The number of aromatic amines is 1. The summed E-state index contributed by atoms with van der Waals surface area (Å²) in [6, 6.07) is 2.09. The first kappa shape index (κ1) is 12.6. The molecule has 0 aromatic carbocycles. The van der Waals surface area contributed by atoms with Gasteiger partial charge in [0, 0.05) is 36.8 Å². The zero-order chi connectivity index (χ0) is 13.2. The maximum atomic E-state index is 4.32. The quantitative estimate of drug-likeness (QED) is 0.937. The van der Waals surface area contributed by atoms with Crippen molar-refractivity contribution >= 4 is 16.5 Å². The van der Waals surface area contributed by atoms with Gasteiger partial charge in [-0.1, -0.05) is 25.2 Å². The van der Waals surface area contributed by atoms with Crippen LogP contribution in [-0.4, -0.2) is 33.5 Å². The summed E-state index contributed by atoms with van der Waals surface area (Å²) < 4.78 is 0. The molecule has 5 nitrogen and oxygen atoms in total. The SMILES string of the molecule is CC(C)c1nnc(N2CCC(c3ccn[nH]3)CC2)s1. The molecular weight excluding hydrogens is 258 g/mol. The average Bonchev–Trinajstić information content (AvgIpc) is 3.11. The molecule has 1 aliphatic rings. The molecule has 0 aliphatic carbocycles. The first-order valence-corrected chi connectivity index (χ1v) is 7.63. The van der Waals surface area contributed by atoms with Crippen LogP contribution in [0.2, 0.25) is 0 Å². The Morgan fingerprint density at radius 2 is 2.11 bits per heavy atom. The van der Waals surface area contributed by atoms with Crippen molar-refractivity contribution in [2.45, 2.75) is 38.5 Å². The van der Waals surface area contributed by atoms with E-state index >= 15 is 0 Å². The zero-order valence-electron chi connectivity index (χ0n) is 11.3. The molecule has 6 heteroatoms. The van der Waals surface area contributed by atoms with Gasteiger partial charge < -0.3 is 4.90 Å². The van der Waals surface area contributed by atoms with Crippen LogP contribution < -0.4 is 4.90 Å². The second-order valence-electron chi connectivity index (χ2n) is 5.35. The van der Waals surface area contributed by atoms with Crippen molar-refractivity contribution in [1.82, 2.24) is 20.4 Å². The fourth-order valence-corrected chi connectivity index (χ4v) is 3.36. The van der Waals surface area contributed by atoms with Gasteiger partial charge in [-0.25, -0.2) is 0 Å². The highest BCUT2D eigenvalue weighted by atomic mass is 32.1. The van der Waals surface area contributed by atoms with Crippen LogP contribution in [-0.2, 0) is 0 Å². The van der Waals surface area contributed by atoms with Crippen LogP contribution in [0.4, 0.5) is 5.13 Å². The number of nitrogens with zero attached hydrogens (tertiary/aromatic N) is 4. The van der Waals surface area contributed by atoms with E-state index in [-0.39, 0.29) is 0 Å². The maximum absolute atomic E-state index is 4.32. The lowest BCUT2D eigenvalue weighted by Crippen LogP contribution is -2.32. The Balaban J connectivity index is 1.63. The van der Waals surface area contributed by atoms with Crippen LogP contribution in [0.15, 0.2) is 12.3 Å². The number of H-pyrrole nitrogens is 1. The maximum Gasteiger partial charge on any atom is 0.208 e. The second-order valence-corrected chi connectivity index (χ2v) is 6.34. The number of hydrogen-bond donors (Lipinski definition) is 1. The number of aromatic nitrogens is 4. The van der Waals surface area contributed by atoms with E-state index in [1.54, 1.807) is 11.3 Å². The Kier molecular flexibility index (Phi) is 3.50. The molecule has 0 spiro atoms. The van der Waals surface area contributed by atoms with Crippen LogP contribution in [0, 0.1) is 0 Å². The number of anilines is 1. The summed E-state index contributed by atoms with van der Waals surface area (Å²) in [6.07, 6.45) is 4.14. The Bertz CT molecular complexity index is 511. The molecule has 0 unspecified atom stereocenters. The average molecular weight is 277 g/mol. The predicted octanol–water partition coefficient (Wildman–Crippen LogP) is 2.77. The molecule has 102 valence electrons. The minimum Gasteiger partial charge on any atom is -0.347 e. The van der Waals surface area contributed by atoms with Crippen molar-refractivity contribution in [2.75, 3.05) is 18.0 Å².